The summed E-state index contributed by atoms with van der Waals surface area (Å²) in [5, 5.41) is 20.2. The Morgan fingerprint density at radius 1 is 1.36 bits per heavy atom. The standard InChI is InChI=1S/C13H16ClN5O3/c1-8-12(14)9(2)18(17-8)6-5-15-13(22)10-3-4-16-19(10)7-11(20)21/h3-4H,5-7H2,1-2H3,(H,15,22)(H,20,21). The number of hydrogen-bond acceptors (Lipinski definition) is 4. The molecule has 0 radical (unpaired) electrons. The molecule has 9 heteroatoms. The lowest BCUT2D eigenvalue weighted by Gasteiger charge is -2.08. The van der Waals surface area contributed by atoms with E-state index in [2.05, 4.69) is 15.5 Å². The number of nitrogens with one attached hydrogen (secondary N) is 1. The van der Waals surface area contributed by atoms with Crippen LogP contribution in [0.15, 0.2) is 12.3 Å². The third-order valence-electron chi connectivity index (χ3n) is 3.14. The number of halogens is 1. The summed E-state index contributed by atoms with van der Waals surface area (Å²) < 4.78 is 2.85. The highest BCUT2D eigenvalue weighted by Gasteiger charge is 2.14. The first-order valence-electron chi connectivity index (χ1n) is 6.61. The van der Waals surface area contributed by atoms with Crippen LogP contribution >= 0.6 is 11.6 Å². The molecule has 118 valence electrons. The molecule has 0 aliphatic heterocycles. The van der Waals surface area contributed by atoms with Crippen LogP contribution in [0.3, 0.4) is 0 Å². The molecule has 0 atom stereocenters. The summed E-state index contributed by atoms with van der Waals surface area (Å²) in [4.78, 5) is 22.7. The van der Waals surface area contributed by atoms with Crippen LogP contribution < -0.4 is 5.32 Å². The monoisotopic (exact) mass is 325 g/mol. The van der Waals surface area contributed by atoms with E-state index in [0.717, 1.165) is 16.1 Å². The van der Waals surface area contributed by atoms with E-state index in [0.29, 0.717) is 18.1 Å². The first kappa shape index (κ1) is 16.0. The third kappa shape index (κ3) is 3.45. The van der Waals surface area contributed by atoms with Gasteiger partial charge in [0.1, 0.15) is 12.2 Å². The fraction of sp³-hybridized carbons (Fsp3) is 0.385. The van der Waals surface area contributed by atoms with Gasteiger partial charge in [-0.2, -0.15) is 10.2 Å². The first-order valence-corrected chi connectivity index (χ1v) is 6.99. The van der Waals surface area contributed by atoms with Crippen molar-refractivity contribution in [1.82, 2.24) is 24.9 Å². The summed E-state index contributed by atoms with van der Waals surface area (Å²) in [6.45, 7) is 4.12. The van der Waals surface area contributed by atoms with E-state index < -0.39 is 5.97 Å². The van der Waals surface area contributed by atoms with Gasteiger partial charge in [-0.3, -0.25) is 14.3 Å². The Labute approximate surface area is 131 Å². The molecule has 0 saturated heterocycles. The fourth-order valence-corrected chi connectivity index (χ4v) is 2.17. The van der Waals surface area contributed by atoms with Crippen LogP contribution in [-0.2, 0) is 17.9 Å². The van der Waals surface area contributed by atoms with E-state index in [1.165, 1.54) is 12.3 Å². The molecular weight excluding hydrogens is 310 g/mol. The smallest absolute Gasteiger partial charge is 0.325 e. The van der Waals surface area contributed by atoms with Crippen molar-refractivity contribution in [3.8, 4) is 0 Å². The molecule has 0 saturated carbocycles. The van der Waals surface area contributed by atoms with Gasteiger partial charge in [-0.1, -0.05) is 11.6 Å². The lowest BCUT2D eigenvalue weighted by atomic mass is 10.4. The number of amides is 1. The van der Waals surface area contributed by atoms with Crippen LogP contribution in [0.4, 0.5) is 0 Å². The van der Waals surface area contributed by atoms with Gasteiger partial charge < -0.3 is 10.4 Å². The molecule has 2 rings (SSSR count). The largest absolute Gasteiger partial charge is 0.480 e. The second-order valence-electron chi connectivity index (χ2n) is 4.73. The molecule has 0 unspecified atom stereocenters. The maximum absolute atomic E-state index is 12.0. The van der Waals surface area contributed by atoms with E-state index in [4.69, 9.17) is 16.7 Å². The highest BCUT2D eigenvalue weighted by molar-refractivity contribution is 6.31. The average molecular weight is 326 g/mol. The van der Waals surface area contributed by atoms with E-state index in [1.54, 1.807) is 4.68 Å². The minimum atomic E-state index is -1.06. The molecule has 1 amide bonds. The number of rotatable bonds is 6. The van der Waals surface area contributed by atoms with Crippen molar-refractivity contribution in [1.29, 1.82) is 0 Å². The van der Waals surface area contributed by atoms with Crippen LogP contribution in [0, 0.1) is 13.8 Å². The van der Waals surface area contributed by atoms with E-state index in [9.17, 15) is 9.59 Å². The molecule has 22 heavy (non-hydrogen) atoms. The summed E-state index contributed by atoms with van der Waals surface area (Å²) in [7, 11) is 0. The third-order valence-corrected chi connectivity index (χ3v) is 3.68. The Balaban J connectivity index is 1.94. The number of aromatic nitrogens is 4. The molecule has 2 heterocycles. The number of nitrogens with zero attached hydrogens (tertiary/aromatic N) is 4. The summed E-state index contributed by atoms with van der Waals surface area (Å²) in [5.41, 5.74) is 1.78. The highest BCUT2D eigenvalue weighted by atomic mass is 35.5. The predicted molar refractivity (Wildman–Crippen MR) is 78.9 cm³/mol. The van der Waals surface area contributed by atoms with Crippen molar-refractivity contribution in [2.45, 2.75) is 26.9 Å². The maximum atomic E-state index is 12.0. The summed E-state index contributed by atoms with van der Waals surface area (Å²) >= 11 is 6.05. The number of hydrogen-bond donors (Lipinski definition) is 2. The minimum absolute atomic E-state index is 0.203. The summed E-state index contributed by atoms with van der Waals surface area (Å²) in [6, 6.07) is 1.47. The highest BCUT2D eigenvalue weighted by Crippen LogP contribution is 2.18. The van der Waals surface area contributed by atoms with Gasteiger partial charge in [0.05, 0.1) is 23.0 Å². The predicted octanol–water partition coefficient (Wildman–Crippen LogP) is 0.864. The molecule has 0 fully saturated rings. The molecule has 0 aromatic carbocycles. The molecule has 0 aliphatic carbocycles. The lowest BCUT2D eigenvalue weighted by molar-refractivity contribution is -0.137. The lowest BCUT2D eigenvalue weighted by Crippen LogP contribution is -2.30. The van der Waals surface area contributed by atoms with Gasteiger partial charge in [-0.05, 0) is 19.9 Å². The summed E-state index contributed by atoms with van der Waals surface area (Å²) in [6.07, 6.45) is 1.39. The van der Waals surface area contributed by atoms with Crippen molar-refractivity contribution >= 4 is 23.5 Å². The second-order valence-corrected chi connectivity index (χ2v) is 5.11. The Kier molecular flexibility index (Phi) is 4.81. The van der Waals surface area contributed by atoms with E-state index in [1.807, 2.05) is 13.8 Å². The van der Waals surface area contributed by atoms with Crippen LogP contribution in [0.2, 0.25) is 5.02 Å². The second kappa shape index (κ2) is 6.61. The molecule has 2 N–H and O–H groups in total. The van der Waals surface area contributed by atoms with Crippen molar-refractivity contribution in [2.24, 2.45) is 0 Å². The number of carboxylic acid groups (broad SMARTS) is 1. The van der Waals surface area contributed by atoms with Crippen molar-refractivity contribution in [3.05, 3.63) is 34.4 Å². The van der Waals surface area contributed by atoms with Crippen LogP contribution in [0.1, 0.15) is 21.9 Å². The van der Waals surface area contributed by atoms with Gasteiger partial charge in [-0.25, -0.2) is 4.68 Å². The van der Waals surface area contributed by atoms with Crippen LogP contribution in [0.5, 0.6) is 0 Å². The van der Waals surface area contributed by atoms with E-state index in [-0.39, 0.29) is 18.1 Å². The quantitative estimate of drug-likeness (QED) is 0.820. The molecule has 8 nitrogen and oxygen atoms in total. The SMILES string of the molecule is Cc1nn(CCNC(=O)c2ccnn2CC(=O)O)c(C)c1Cl. The maximum Gasteiger partial charge on any atom is 0.325 e. The van der Waals surface area contributed by atoms with Gasteiger partial charge in [0.2, 0.25) is 0 Å². The number of carbonyl (C=O) groups excluding carboxylic acids is 1. The molecule has 0 spiro atoms. The Morgan fingerprint density at radius 3 is 2.68 bits per heavy atom. The van der Waals surface area contributed by atoms with Crippen molar-refractivity contribution in [3.63, 3.8) is 0 Å². The van der Waals surface area contributed by atoms with Gasteiger partial charge in [-0.15, -0.1) is 0 Å². The topological polar surface area (TPSA) is 102 Å². The molecular formula is C13H16ClN5O3. The molecule has 2 aromatic rings. The van der Waals surface area contributed by atoms with Gasteiger partial charge >= 0.3 is 5.97 Å². The number of aliphatic carboxylic acids is 1. The zero-order chi connectivity index (χ0) is 16.3. The first-order chi connectivity index (χ1) is 10.4. The Hall–Kier alpha value is -2.35. The molecule has 2 aromatic heterocycles. The zero-order valence-electron chi connectivity index (χ0n) is 12.2. The number of carbonyl (C=O) groups is 2. The normalized spacial score (nSPS) is 10.7. The van der Waals surface area contributed by atoms with Crippen molar-refractivity contribution in [2.75, 3.05) is 6.54 Å². The zero-order valence-corrected chi connectivity index (χ0v) is 13.0. The minimum Gasteiger partial charge on any atom is -0.480 e. The van der Waals surface area contributed by atoms with Gasteiger partial charge in [0, 0.05) is 12.7 Å². The van der Waals surface area contributed by atoms with Gasteiger partial charge in [0.15, 0.2) is 0 Å². The van der Waals surface area contributed by atoms with Crippen LogP contribution in [-0.4, -0.2) is 43.1 Å². The van der Waals surface area contributed by atoms with Crippen molar-refractivity contribution < 1.29 is 14.7 Å². The van der Waals surface area contributed by atoms with E-state index >= 15 is 0 Å². The fourth-order valence-electron chi connectivity index (χ4n) is 2.04. The molecule has 0 aliphatic rings. The summed E-state index contributed by atoms with van der Waals surface area (Å²) in [5.74, 6) is -1.44. The van der Waals surface area contributed by atoms with Gasteiger partial charge in [0.25, 0.3) is 5.91 Å². The Bertz CT molecular complexity index is 707. The number of carboxylic acids is 1. The average Bonchev–Trinajstić information content (AvgIpc) is 2.99. The Morgan fingerprint density at radius 2 is 2.09 bits per heavy atom. The number of aryl methyl sites for hydroxylation is 1. The van der Waals surface area contributed by atoms with Crippen LogP contribution in [0.25, 0.3) is 0 Å². The molecule has 0 bridgehead atoms.